The number of hydrogen-bond donors (Lipinski definition) is 1. The molecule has 2 heterocycles. The molecule has 1 N–H and O–H groups in total. The number of aromatic nitrogens is 1. The number of rotatable bonds is 4. The Labute approximate surface area is 196 Å². The summed E-state index contributed by atoms with van der Waals surface area (Å²) in [6.07, 6.45) is 1.40. The van der Waals surface area contributed by atoms with Crippen molar-refractivity contribution in [3.8, 4) is 0 Å². The van der Waals surface area contributed by atoms with Gasteiger partial charge in [-0.05, 0) is 73.9 Å². The van der Waals surface area contributed by atoms with Gasteiger partial charge in [0.05, 0.1) is 11.9 Å². The highest BCUT2D eigenvalue weighted by Crippen LogP contribution is 2.26. The molecule has 2 aromatic carbocycles. The number of fused-ring (bicyclic) bond motifs is 1. The first-order chi connectivity index (χ1) is 15.7. The third-order valence-corrected chi connectivity index (χ3v) is 6.74. The van der Waals surface area contributed by atoms with Crippen molar-refractivity contribution in [2.24, 2.45) is 11.8 Å². The first kappa shape index (κ1) is 23.0. The van der Waals surface area contributed by atoms with Crippen LogP contribution in [0.5, 0.6) is 0 Å². The summed E-state index contributed by atoms with van der Waals surface area (Å²) in [5, 5.41) is 4.11. The summed E-state index contributed by atoms with van der Waals surface area (Å²) < 4.78 is 0. The fourth-order valence-electron chi connectivity index (χ4n) is 5.09. The summed E-state index contributed by atoms with van der Waals surface area (Å²) in [5.74, 6) is 0.939. The van der Waals surface area contributed by atoms with Crippen LogP contribution in [0.2, 0.25) is 0 Å². The maximum absolute atomic E-state index is 13.1. The number of anilines is 1. The van der Waals surface area contributed by atoms with Crippen LogP contribution in [0, 0.1) is 32.6 Å². The van der Waals surface area contributed by atoms with Gasteiger partial charge in [0.2, 0.25) is 5.91 Å². The predicted octanol–water partition coefficient (Wildman–Crippen LogP) is 5.46. The van der Waals surface area contributed by atoms with Crippen LogP contribution in [0.1, 0.15) is 53.0 Å². The van der Waals surface area contributed by atoms with Gasteiger partial charge >= 0.3 is 0 Å². The third-order valence-electron chi connectivity index (χ3n) is 6.74. The lowest BCUT2D eigenvalue weighted by molar-refractivity contribution is -0.115. The van der Waals surface area contributed by atoms with Gasteiger partial charge in [0.15, 0.2) is 0 Å². The minimum Gasteiger partial charge on any atom is -0.338 e. The standard InChI is InChI=1S/C28H33N3O2/c1-17-12-18(2)16-31(15-17)28(33)22-11-10-19(3)26(13-22)30-27(32)14-24-20(4)23-8-6-7-9-25(23)29-21(24)5/h6-11,13,17-18H,12,14-16H2,1-5H3,(H,30,32). The molecule has 172 valence electrons. The van der Waals surface area contributed by atoms with Crippen molar-refractivity contribution in [3.63, 3.8) is 0 Å². The van der Waals surface area contributed by atoms with E-state index in [2.05, 4.69) is 24.1 Å². The van der Waals surface area contributed by atoms with Gasteiger partial charge in [0, 0.05) is 35.4 Å². The monoisotopic (exact) mass is 443 g/mol. The Morgan fingerprint density at radius 1 is 1.03 bits per heavy atom. The summed E-state index contributed by atoms with van der Waals surface area (Å²) in [4.78, 5) is 32.8. The Bertz CT molecular complexity index is 1210. The van der Waals surface area contributed by atoms with Crippen molar-refractivity contribution in [1.29, 1.82) is 0 Å². The molecule has 0 bridgehead atoms. The molecule has 2 unspecified atom stereocenters. The quantitative estimate of drug-likeness (QED) is 0.582. The highest BCUT2D eigenvalue weighted by atomic mass is 16.2. The van der Waals surface area contributed by atoms with E-state index in [0.717, 1.165) is 52.8 Å². The Morgan fingerprint density at radius 2 is 1.73 bits per heavy atom. The molecule has 33 heavy (non-hydrogen) atoms. The van der Waals surface area contributed by atoms with Crippen LogP contribution in [0.3, 0.4) is 0 Å². The van der Waals surface area contributed by atoms with E-state index in [1.54, 1.807) is 0 Å². The second-order valence-corrected chi connectivity index (χ2v) is 9.73. The van der Waals surface area contributed by atoms with E-state index in [1.807, 2.05) is 68.1 Å². The molecule has 2 atom stereocenters. The largest absolute Gasteiger partial charge is 0.338 e. The van der Waals surface area contributed by atoms with Gasteiger partial charge in [-0.3, -0.25) is 14.6 Å². The zero-order valence-electron chi connectivity index (χ0n) is 20.2. The predicted molar refractivity (Wildman–Crippen MR) is 134 cm³/mol. The van der Waals surface area contributed by atoms with Crippen LogP contribution in [-0.4, -0.2) is 34.8 Å². The summed E-state index contributed by atoms with van der Waals surface area (Å²) in [6, 6.07) is 13.6. The molecule has 1 aromatic heterocycles. The lowest BCUT2D eigenvalue weighted by atomic mass is 9.91. The number of para-hydroxylation sites is 1. The Morgan fingerprint density at radius 3 is 2.45 bits per heavy atom. The summed E-state index contributed by atoms with van der Waals surface area (Å²) >= 11 is 0. The zero-order valence-corrected chi connectivity index (χ0v) is 20.2. The summed E-state index contributed by atoms with van der Waals surface area (Å²) in [5.41, 5.74) is 6.10. The third kappa shape index (κ3) is 4.92. The molecule has 0 spiro atoms. The average Bonchev–Trinajstić information content (AvgIpc) is 2.77. The molecule has 2 amide bonds. The maximum Gasteiger partial charge on any atom is 0.253 e. The van der Waals surface area contributed by atoms with Crippen LogP contribution < -0.4 is 5.32 Å². The maximum atomic E-state index is 13.1. The van der Waals surface area contributed by atoms with E-state index in [0.29, 0.717) is 23.1 Å². The number of benzene rings is 2. The zero-order chi connectivity index (χ0) is 23.7. The number of amides is 2. The smallest absolute Gasteiger partial charge is 0.253 e. The highest BCUT2D eigenvalue weighted by molar-refractivity contribution is 5.98. The van der Waals surface area contributed by atoms with Gasteiger partial charge < -0.3 is 10.2 Å². The summed E-state index contributed by atoms with van der Waals surface area (Å²) in [6.45, 7) is 11.9. The number of aryl methyl sites for hydroxylation is 3. The minimum atomic E-state index is -0.105. The van der Waals surface area contributed by atoms with Gasteiger partial charge in [-0.2, -0.15) is 0 Å². The lowest BCUT2D eigenvalue weighted by Crippen LogP contribution is -2.42. The van der Waals surface area contributed by atoms with Gasteiger partial charge in [-0.25, -0.2) is 0 Å². The van der Waals surface area contributed by atoms with Gasteiger partial charge in [-0.1, -0.05) is 38.1 Å². The molecule has 1 aliphatic rings. The van der Waals surface area contributed by atoms with Crippen LogP contribution in [0.4, 0.5) is 5.69 Å². The minimum absolute atomic E-state index is 0.0364. The molecule has 3 aromatic rings. The van der Waals surface area contributed by atoms with Crippen molar-refractivity contribution < 1.29 is 9.59 Å². The van der Waals surface area contributed by atoms with Crippen molar-refractivity contribution in [1.82, 2.24) is 9.88 Å². The van der Waals surface area contributed by atoms with E-state index in [9.17, 15) is 9.59 Å². The van der Waals surface area contributed by atoms with Crippen LogP contribution in [0.15, 0.2) is 42.5 Å². The van der Waals surface area contributed by atoms with Gasteiger partial charge in [0.25, 0.3) is 5.91 Å². The van der Waals surface area contributed by atoms with Crippen LogP contribution in [-0.2, 0) is 11.2 Å². The van der Waals surface area contributed by atoms with Crippen LogP contribution >= 0.6 is 0 Å². The van der Waals surface area contributed by atoms with Gasteiger partial charge in [0.1, 0.15) is 0 Å². The number of piperidine rings is 1. The molecular weight excluding hydrogens is 410 g/mol. The summed E-state index contributed by atoms with van der Waals surface area (Å²) in [7, 11) is 0. The first-order valence-electron chi connectivity index (χ1n) is 11.8. The number of hydrogen-bond acceptors (Lipinski definition) is 3. The molecule has 1 aliphatic heterocycles. The van der Waals surface area contributed by atoms with E-state index in [1.165, 1.54) is 0 Å². The van der Waals surface area contributed by atoms with Crippen LogP contribution in [0.25, 0.3) is 10.9 Å². The molecule has 0 aliphatic carbocycles. The fourth-order valence-corrected chi connectivity index (χ4v) is 5.09. The molecule has 1 saturated heterocycles. The molecule has 1 fully saturated rings. The van der Waals surface area contributed by atoms with Crippen molar-refractivity contribution in [2.45, 2.75) is 47.5 Å². The molecular formula is C28H33N3O2. The normalized spacial score (nSPS) is 18.4. The average molecular weight is 444 g/mol. The Hall–Kier alpha value is -3.21. The number of carbonyl (C=O) groups is 2. The number of likely N-dealkylation sites (tertiary alicyclic amines) is 1. The molecule has 5 nitrogen and oxygen atoms in total. The molecule has 5 heteroatoms. The number of nitrogens with one attached hydrogen (secondary N) is 1. The second kappa shape index (κ2) is 9.34. The van der Waals surface area contributed by atoms with E-state index >= 15 is 0 Å². The number of carbonyl (C=O) groups excluding carboxylic acids is 2. The van der Waals surface area contributed by atoms with E-state index < -0.39 is 0 Å². The van der Waals surface area contributed by atoms with Crippen molar-refractivity contribution in [2.75, 3.05) is 18.4 Å². The number of pyridine rings is 1. The Balaban J connectivity index is 1.53. The first-order valence-corrected chi connectivity index (χ1v) is 11.8. The molecule has 0 saturated carbocycles. The SMILES string of the molecule is Cc1ccc(C(=O)N2CC(C)CC(C)C2)cc1NC(=O)Cc1c(C)nc2ccccc2c1C. The Kier molecular flexibility index (Phi) is 6.50. The van der Waals surface area contributed by atoms with Crippen molar-refractivity contribution >= 4 is 28.4 Å². The van der Waals surface area contributed by atoms with E-state index in [-0.39, 0.29) is 18.2 Å². The number of nitrogens with zero attached hydrogens (tertiary/aromatic N) is 2. The lowest BCUT2D eigenvalue weighted by Gasteiger charge is -2.35. The van der Waals surface area contributed by atoms with Gasteiger partial charge in [-0.15, -0.1) is 0 Å². The molecule has 0 radical (unpaired) electrons. The second-order valence-electron chi connectivity index (χ2n) is 9.73. The van der Waals surface area contributed by atoms with E-state index in [4.69, 9.17) is 0 Å². The van der Waals surface area contributed by atoms with Crippen molar-refractivity contribution in [3.05, 3.63) is 70.4 Å². The fraction of sp³-hybridized carbons (Fsp3) is 0.393. The topological polar surface area (TPSA) is 62.3 Å². The molecule has 4 rings (SSSR count). The highest BCUT2D eigenvalue weighted by Gasteiger charge is 2.26.